The quantitative estimate of drug-likeness (QED) is 0.685. The van der Waals surface area contributed by atoms with Gasteiger partial charge in [-0.2, -0.15) is 0 Å². The lowest BCUT2D eigenvalue weighted by Gasteiger charge is -2.35. The summed E-state index contributed by atoms with van der Waals surface area (Å²) in [5.41, 5.74) is 2.29. The monoisotopic (exact) mass is 417 g/mol. The van der Waals surface area contributed by atoms with Gasteiger partial charge in [-0.15, -0.1) is 0 Å². The highest BCUT2D eigenvalue weighted by atomic mass is 16.5. The molecule has 1 aliphatic rings. The zero-order chi connectivity index (χ0) is 21.8. The number of benzene rings is 1. The molecule has 0 radical (unpaired) electrons. The van der Waals surface area contributed by atoms with Gasteiger partial charge in [0.15, 0.2) is 17.3 Å². The number of amides is 1. The fourth-order valence-corrected chi connectivity index (χ4v) is 3.84. The summed E-state index contributed by atoms with van der Waals surface area (Å²) in [7, 11) is 4.84. The average molecular weight is 418 g/mol. The van der Waals surface area contributed by atoms with Crippen molar-refractivity contribution < 1.29 is 23.5 Å². The number of carbonyl (C=O) groups excluding carboxylic acids is 1. The molecule has 0 aliphatic carbocycles. The van der Waals surface area contributed by atoms with Crippen molar-refractivity contribution in [3.05, 3.63) is 34.7 Å². The van der Waals surface area contributed by atoms with Crippen molar-refractivity contribution in [1.29, 1.82) is 0 Å². The van der Waals surface area contributed by atoms with Gasteiger partial charge in [0.1, 0.15) is 5.56 Å². The maximum Gasteiger partial charge on any atom is 0.259 e. The summed E-state index contributed by atoms with van der Waals surface area (Å²) in [6, 6.07) is 3.88. The molecule has 164 valence electrons. The molecule has 1 amide bonds. The lowest BCUT2D eigenvalue weighted by molar-refractivity contribution is 0.0624. The van der Waals surface area contributed by atoms with E-state index in [0.717, 1.165) is 18.7 Å². The molecule has 8 heteroatoms. The number of rotatable bonds is 7. The topological polar surface area (TPSA) is 77.3 Å². The van der Waals surface area contributed by atoms with Crippen molar-refractivity contribution in [3.8, 4) is 17.2 Å². The number of aromatic nitrogens is 1. The van der Waals surface area contributed by atoms with Gasteiger partial charge >= 0.3 is 0 Å². The van der Waals surface area contributed by atoms with E-state index in [-0.39, 0.29) is 11.8 Å². The maximum atomic E-state index is 13.1. The number of nitrogens with zero attached hydrogens (tertiary/aromatic N) is 3. The van der Waals surface area contributed by atoms with Crippen molar-refractivity contribution in [2.45, 2.75) is 33.2 Å². The normalized spacial score (nSPS) is 14.8. The summed E-state index contributed by atoms with van der Waals surface area (Å²) in [6.07, 6.45) is 0. The van der Waals surface area contributed by atoms with Crippen LogP contribution in [0.4, 0.5) is 0 Å². The Kier molecular flexibility index (Phi) is 6.87. The lowest BCUT2D eigenvalue weighted by Crippen LogP contribution is -2.48. The third-order valence-electron chi connectivity index (χ3n) is 5.47. The standard InChI is InChI=1S/C22H31N3O5/c1-14(2)19-18(15(3)23-30-19)22(26)25-11-9-24(10-12-25)13-16-7-8-17(27-4)21(29-6)20(16)28-5/h7-8,14H,9-13H2,1-6H3. The van der Waals surface area contributed by atoms with Crippen LogP contribution >= 0.6 is 0 Å². The Hall–Kier alpha value is -2.74. The second-order valence-corrected chi connectivity index (χ2v) is 7.72. The number of carbonyl (C=O) groups is 1. The van der Waals surface area contributed by atoms with E-state index in [1.54, 1.807) is 21.3 Å². The van der Waals surface area contributed by atoms with Crippen molar-refractivity contribution in [2.24, 2.45) is 0 Å². The third kappa shape index (κ3) is 4.23. The second kappa shape index (κ2) is 9.38. The average Bonchev–Trinajstić information content (AvgIpc) is 3.15. The summed E-state index contributed by atoms with van der Waals surface area (Å²) in [5, 5.41) is 4.01. The highest BCUT2D eigenvalue weighted by molar-refractivity contribution is 5.96. The fourth-order valence-electron chi connectivity index (χ4n) is 3.84. The first-order valence-electron chi connectivity index (χ1n) is 10.2. The van der Waals surface area contributed by atoms with Crippen molar-refractivity contribution >= 4 is 5.91 Å². The zero-order valence-electron chi connectivity index (χ0n) is 18.7. The number of ether oxygens (including phenoxy) is 3. The molecule has 1 saturated heterocycles. The maximum absolute atomic E-state index is 13.1. The van der Waals surface area contributed by atoms with Gasteiger partial charge < -0.3 is 23.6 Å². The molecule has 3 rings (SSSR count). The van der Waals surface area contributed by atoms with Crippen LogP contribution in [-0.2, 0) is 6.54 Å². The van der Waals surface area contributed by atoms with Crippen molar-refractivity contribution in [1.82, 2.24) is 15.0 Å². The number of hydrogen-bond acceptors (Lipinski definition) is 7. The first kappa shape index (κ1) is 22.0. The van der Waals surface area contributed by atoms with Crippen LogP contribution in [0.15, 0.2) is 16.7 Å². The highest BCUT2D eigenvalue weighted by Gasteiger charge is 2.29. The van der Waals surface area contributed by atoms with Crippen LogP contribution in [-0.4, -0.2) is 68.4 Å². The van der Waals surface area contributed by atoms with Gasteiger partial charge in [-0.05, 0) is 13.0 Å². The first-order chi connectivity index (χ1) is 14.4. The van der Waals surface area contributed by atoms with Crippen LogP contribution in [0.25, 0.3) is 0 Å². The Balaban J connectivity index is 1.68. The van der Waals surface area contributed by atoms with Gasteiger partial charge in [-0.25, -0.2) is 0 Å². The van der Waals surface area contributed by atoms with Gasteiger partial charge in [0.25, 0.3) is 5.91 Å². The first-order valence-corrected chi connectivity index (χ1v) is 10.2. The summed E-state index contributed by atoms with van der Waals surface area (Å²) in [6.45, 7) is 9.37. The van der Waals surface area contributed by atoms with Crippen LogP contribution in [0, 0.1) is 6.92 Å². The molecule has 0 atom stereocenters. The van der Waals surface area contributed by atoms with Gasteiger partial charge in [0.2, 0.25) is 5.75 Å². The van der Waals surface area contributed by atoms with Gasteiger partial charge in [-0.1, -0.05) is 25.1 Å². The van der Waals surface area contributed by atoms with E-state index in [4.69, 9.17) is 18.7 Å². The molecule has 0 unspecified atom stereocenters. The Morgan fingerprint density at radius 3 is 2.30 bits per heavy atom. The van der Waals surface area contributed by atoms with Crippen molar-refractivity contribution in [2.75, 3.05) is 47.5 Å². The van der Waals surface area contributed by atoms with E-state index in [0.29, 0.717) is 53.9 Å². The molecule has 0 bridgehead atoms. The Bertz CT molecular complexity index is 885. The molecular weight excluding hydrogens is 386 g/mol. The number of hydrogen-bond donors (Lipinski definition) is 0. The van der Waals surface area contributed by atoms with Gasteiger partial charge in [0, 0.05) is 44.2 Å². The minimum Gasteiger partial charge on any atom is -0.493 e. The predicted molar refractivity (Wildman–Crippen MR) is 113 cm³/mol. The summed E-state index contributed by atoms with van der Waals surface area (Å²) in [5.74, 6) is 2.69. The van der Waals surface area contributed by atoms with E-state index in [2.05, 4.69) is 10.1 Å². The molecule has 1 aromatic heterocycles. The van der Waals surface area contributed by atoms with E-state index in [1.165, 1.54) is 0 Å². The summed E-state index contributed by atoms with van der Waals surface area (Å²) < 4.78 is 21.8. The number of aryl methyl sites for hydroxylation is 1. The minimum atomic E-state index is 0.000738. The second-order valence-electron chi connectivity index (χ2n) is 7.72. The number of piperazine rings is 1. The molecule has 1 fully saturated rings. The molecule has 0 N–H and O–H groups in total. The molecule has 2 aromatic rings. The fraction of sp³-hybridized carbons (Fsp3) is 0.545. The van der Waals surface area contributed by atoms with Gasteiger partial charge in [-0.3, -0.25) is 9.69 Å². The molecule has 30 heavy (non-hydrogen) atoms. The van der Waals surface area contributed by atoms with E-state index >= 15 is 0 Å². The SMILES string of the molecule is COc1ccc(CN2CCN(C(=O)c3c(C)noc3C(C)C)CC2)c(OC)c1OC. The molecule has 0 spiro atoms. The highest BCUT2D eigenvalue weighted by Crippen LogP contribution is 2.40. The van der Waals surface area contributed by atoms with Crippen LogP contribution in [0.3, 0.4) is 0 Å². The Labute approximate surface area is 177 Å². The van der Waals surface area contributed by atoms with Crippen LogP contribution < -0.4 is 14.2 Å². The molecule has 1 aromatic carbocycles. The predicted octanol–water partition coefficient (Wildman–Crippen LogP) is 3.09. The lowest BCUT2D eigenvalue weighted by atomic mass is 10.0. The number of methoxy groups -OCH3 is 3. The van der Waals surface area contributed by atoms with Crippen molar-refractivity contribution in [3.63, 3.8) is 0 Å². The summed E-state index contributed by atoms with van der Waals surface area (Å²) >= 11 is 0. The van der Waals surface area contributed by atoms with Crippen LogP contribution in [0.1, 0.15) is 47.1 Å². The third-order valence-corrected chi connectivity index (χ3v) is 5.47. The zero-order valence-corrected chi connectivity index (χ0v) is 18.7. The molecule has 2 heterocycles. The van der Waals surface area contributed by atoms with Crippen LogP contribution in [0.5, 0.6) is 17.2 Å². The molecule has 0 saturated carbocycles. The smallest absolute Gasteiger partial charge is 0.259 e. The largest absolute Gasteiger partial charge is 0.493 e. The minimum absolute atomic E-state index is 0.000738. The van der Waals surface area contributed by atoms with E-state index in [1.807, 2.05) is 37.8 Å². The van der Waals surface area contributed by atoms with E-state index in [9.17, 15) is 4.79 Å². The van der Waals surface area contributed by atoms with E-state index < -0.39 is 0 Å². The molecule has 8 nitrogen and oxygen atoms in total. The molecular formula is C22H31N3O5. The molecule has 1 aliphatic heterocycles. The summed E-state index contributed by atoms with van der Waals surface area (Å²) in [4.78, 5) is 17.3. The van der Waals surface area contributed by atoms with Gasteiger partial charge in [0.05, 0.1) is 27.0 Å². The van der Waals surface area contributed by atoms with Crippen LogP contribution in [0.2, 0.25) is 0 Å². The Morgan fingerprint density at radius 1 is 1.07 bits per heavy atom. The Morgan fingerprint density at radius 2 is 1.73 bits per heavy atom.